The van der Waals surface area contributed by atoms with Gasteiger partial charge >= 0.3 is 5.69 Å². The number of rotatable bonds is 9. The van der Waals surface area contributed by atoms with E-state index in [9.17, 15) is 18.4 Å². The maximum atomic E-state index is 14.4. The number of aryl methyl sites for hydroxylation is 1. The molecule has 1 fully saturated rings. The summed E-state index contributed by atoms with van der Waals surface area (Å²) in [5.74, 6) is -1.25. The highest BCUT2D eigenvalue weighted by molar-refractivity contribution is 5.77. The van der Waals surface area contributed by atoms with Gasteiger partial charge < -0.3 is 15.8 Å². The summed E-state index contributed by atoms with van der Waals surface area (Å²) < 4.78 is 37.0. The number of hydrogen-bond donors (Lipinski definition) is 2. The Morgan fingerprint density at radius 3 is 2.65 bits per heavy atom. The number of anilines is 1. The average Bonchev–Trinajstić information content (AvgIpc) is 2.97. The lowest BCUT2D eigenvalue weighted by atomic mass is 9.98. The number of hydrogen-bond acceptors (Lipinski definition) is 7. The molecule has 3 heterocycles. The molecule has 1 aromatic carbocycles. The number of ether oxygens (including phenoxy) is 1. The van der Waals surface area contributed by atoms with E-state index in [2.05, 4.69) is 15.3 Å². The van der Waals surface area contributed by atoms with Gasteiger partial charge in [0.05, 0.1) is 47.4 Å². The van der Waals surface area contributed by atoms with Crippen molar-refractivity contribution in [3.8, 4) is 5.69 Å². The molecule has 3 aromatic heterocycles. The van der Waals surface area contributed by atoms with Crippen LogP contribution in [0.15, 0.2) is 58.5 Å². The molecule has 40 heavy (non-hydrogen) atoms. The maximum absolute atomic E-state index is 14.4. The molecule has 0 amide bonds. The monoisotopic (exact) mass is 550 g/mol. The summed E-state index contributed by atoms with van der Waals surface area (Å²) >= 11 is 0. The van der Waals surface area contributed by atoms with E-state index in [1.807, 2.05) is 0 Å². The van der Waals surface area contributed by atoms with Crippen molar-refractivity contribution in [2.24, 2.45) is 7.05 Å². The van der Waals surface area contributed by atoms with Crippen LogP contribution in [-0.2, 0) is 24.8 Å². The van der Waals surface area contributed by atoms with Gasteiger partial charge in [-0.05, 0) is 37.1 Å². The number of nitrogens with zero attached hydrogens (tertiary/aromatic N) is 4. The first-order chi connectivity index (χ1) is 19.3. The van der Waals surface area contributed by atoms with Crippen LogP contribution in [0.3, 0.4) is 0 Å². The molecule has 5 rings (SSSR count). The minimum absolute atomic E-state index is 0.0805. The van der Waals surface area contributed by atoms with Gasteiger partial charge in [0.1, 0.15) is 11.6 Å². The van der Waals surface area contributed by atoms with Crippen LogP contribution < -0.4 is 22.3 Å². The van der Waals surface area contributed by atoms with Crippen LogP contribution in [0.4, 0.5) is 14.5 Å². The van der Waals surface area contributed by atoms with E-state index in [1.54, 1.807) is 25.2 Å². The van der Waals surface area contributed by atoms with Gasteiger partial charge in [-0.25, -0.2) is 18.1 Å². The van der Waals surface area contributed by atoms with E-state index in [4.69, 9.17) is 10.5 Å². The van der Waals surface area contributed by atoms with Crippen molar-refractivity contribution in [1.29, 1.82) is 0 Å². The van der Waals surface area contributed by atoms with Crippen molar-refractivity contribution >= 4 is 16.6 Å². The van der Waals surface area contributed by atoms with E-state index >= 15 is 0 Å². The third-order valence-corrected chi connectivity index (χ3v) is 7.43. The summed E-state index contributed by atoms with van der Waals surface area (Å²) in [5.41, 5.74) is 5.93. The SMILES string of the molecule is Cn1c(=O)n(-c2ccc(C[C@@H](COC3CCCCC3)NCc3cc(F)c(N)cc3F)nc2)c(=O)c2ccncc21. The number of nitrogen functional groups attached to an aromatic ring is 1. The molecule has 0 unspecified atom stereocenters. The van der Waals surface area contributed by atoms with E-state index in [0.29, 0.717) is 35.3 Å². The fraction of sp³-hybridized carbons (Fsp3) is 0.379. The first kappa shape index (κ1) is 27.6. The molecule has 1 saturated carbocycles. The van der Waals surface area contributed by atoms with Crippen LogP contribution in [0.5, 0.6) is 0 Å². The number of fused-ring (bicyclic) bond motifs is 1. The summed E-state index contributed by atoms with van der Waals surface area (Å²) in [5, 5.41) is 3.65. The van der Waals surface area contributed by atoms with E-state index in [-0.39, 0.29) is 29.9 Å². The maximum Gasteiger partial charge on any atom is 0.335 e. The standard InChI is InChI=1S/C29H32F2N6O3/c1-36-27-16-33-10-9-23(27)28(38)37(29(36)39)21-8-7-19(35-15-21)12-20(17-40-22-5-3-2-4-6-22)34-14-18-11-25(31)26(32)13-24(18)30/h7-11,13,15-16,20,22,34H,2-6,12,14,17,32H2,1H3/t20-/m0/s1. The molecule has 1 aliphatic carbocycles. The zero-order chi connectivity index (χ0) is 28.2. The highest BCUT2D eigenvalue weighted by Crippen LogP contribution is 2.21. The van der Waals surface area contributed by atoms with Gasteiger partial charge in [-0.2, -0.15) is 0 Å². The number of benzene rings is 1. The third-order valence-electron chi connectivity index (χ3n) is 7.43. The van der Waals surface area contributed by atoms with Crippen molar-refractivity contribution in [2.45, 2.75) is 57.2 Å². The Labute approximate surface area is 229 Å². The van der Waals surface area contributed by atoms with Crippen LogP contribution in [0.1, 0.15) is 43.4 Å². The highest BCUT2D eigenvalue weighted by Gasteiger charge is 2.19. The van der Waals surface area contributed by atoms with Crippen LogP contribution >= 0.6 is 0 Å². The first-order valence-corrected chi connectivity index (χ1v) is 13.4. The van der Waals surface area contributed by atoms with Crippen molar-refractivity contribution in [3.05, 3.63) is 92.7 Å². The summed E-state index contributed by atoms with van der Waals surface area (Å²) in [4.78, 5) is 34.6. The number of halogens is 2. The highest BCUT2D eigenvalue weighted by atomic mass is 19.1. The average molecular weight is 551 g/mol. The van der Waals surface area contributed by atoms with E-state index < -0.39 is 22.9 Å². The van der Waals surface area contributed by atoms with Crippen LogP contribution in [0.25, 0.3) is 16.6 Å². The lowest BCUT2D eigenvalue weighted by Gasteiger charge is -2.26. The quantitative estimate of drug-likeness (QED) is 0.307. The molecule has 11 heteroatoms. The van der Waals surface area contributed by atoms with Gasteiger partial charge in [-0.15, -0.1) is 0 Å². The largest absolute Gasteiger partial charge is 0.396 e. The minimum atomic E-state index is -0.670. The van der Waals surface area contributed by atoms with Crippen molar-refractivity contribution in [2.75, 3.05) is 12.3 Å². The normalized spacial score (nSPS) is 15.0. The van der Waals surface area contributed by atoms with E-state index in [1.165, 1.54) is 29.6 Å². The molecule has 9 nitrogen and oxygen atoms in total. The second-order valence-electron chi connectivity index (χ2n) is 10.2. The number of nitrogens with two attached hydrogens (primary N) is 1. The third kappa shape index (κ3) is 5.95. The number of nitrogens with one attached hydrogen (secondary N) is 1. The predicted octanol–water partition coefficient (Wildman–Crippen LogP) is 3.39. The molecule has 0 radical (unpaired) electrons. The van der Waals surface area contributed by atoms with Gasteiger partial charge in [0.15, 0.2) is 0 Å². The molecule has 4 aromatic rings. The van der Waals surface area contributed by atoms with Gasteiger partial charge in [0.25, 0.3) is 5.56 Å². The molecule has 0 aliphatic heterocycles. The van der Waals surface area contributed by atoms with Gasteiger partial charge in [0.2, 0.25) is 0 Å². The zero-order valence-corrected chi connectivity index (χ0v) is 22.3. The Morgan fingerprint density at radius 2 is 1.90 bits per heavy atom. The zero-order valence-electron chi connectivity index (χ0n) is 22.3. The van der Waals surface area contributed by atoms with E-state index in [0.717, 1.165) is 42.4 Å². The Morgan fingerprint density at radius 1 is 1.10 bits per heavy atom. The summed E-state index contributed by atoms with van der Waals surface area (Å²) in [6.07, 6.45) is 10.6. The smallest absolute Gasteiger partial charge is 0.335 e. The molecular weight excluding hydrogens is 518 g/mol. The lowest BCUT2D eigenvalue weighted by Crippen LogP contribution is -2.38. The fourth-order valence-corrected chi connectivity index (χ4v) is 5.11. The van der Waals surface area contributed by atoms with Gasteiger partial charge in [-0.1, -0.05) is 19.3 Å². The molecule has 1 atom stereocenters. The van der Waals surface area contributed by atoms with Gasteiger partial charge in [-0.3, -0.25) is 19.3 Å². The Kier molecular flexibility index (Phi) is 8.32. The molecule has 0 spiro atoms. The summed E-state index contributed by atoms with van der Waals surface area (Å²) in [6.45, 7) is 0.447. The molecule has 3 N–H and O–H groups in total. The number of aromatic nitrogens is 4. The van der Waals surface area contributed by atoms with Crippen LogP contribution in [-0.4, -0.2) is 37.9 Å². The van der Waals surface area contributed by atoms with Crippen LogP contribution in [0, 0.1) is 11.6 Å². The summed E-state index contributed by atoms with van der Waals surface area (Å²) in [6, 6.07) is 6.83. The van der Waals surface area contributed by atoms with Crippen molar-refractivity contribution in [1.82, 2.24) is 24.4 Å². The van der Waals surface area contributed by atoms with Crippen LogP contribution in [0.2, 0.25) is 0 Å². The lowest BCUT2D eigenvalue weighted by molar-refractivity contribution is 0.0154. The van der Waals surface area contributed by atoms with Gasteiger partial charge in [0, 0.05) is 49.6 Å². The topological polar surface area (TPSA) is 117 Å². The second kappa shape index (κ2) is 12.1. The minimum Gasteiger partial charge on any atom is -0.396 e. The Bertz CT molecular complexity index is 1610. The van der Waals surface area contributed by atoms with Crippen molar-refractivity contribution in [3.63, 3.8) is 0 Å². The van der Waals surface area contributed by atoms with Crippen molar-refractivity contribution < 1.29 is 13.5 Å². The fourth-order valence-electron chi connectivity index (χ4n) is 5.11. The first-order valence-electron chi connectivity index (χ1n) is 13.4. The molecule has 210 valence electrons. The molecule has 0 saturated heterocycles. The summed E-state index contributed by atoms with van der Waals surface area (Å²) in [7, 11) is 1.59. The number of pyridine rings is 2. The Balaban J connectivity index is 1.36. The molecular formula is C29H32F2N6O3. The molecule has 0 bridgehead atoms. The molecule has 1 aliphatic rings. The second-order valence-corrected chi connectivity index (χ2v) is 10.2. The Hall–Kier alpha value is -3.96. The predicted molar refractivity (Wildman–Crippen MR) is 148 cm³/mol.